The topological polar surface area (TPSA) is 105 Å². The molecule has 0 aliphatic heterocycles. The third-order valence-corrected chi connectivity index (χ3v) is 6.52. The number of carbonyl (C=O) groups is 3. The van der Waals surface area contributed by atoms with E-state index in [9.17, 15) is 14.4 Å². The van der Waals surface area contributed by atoms with Crippen molar-refractivity contribution in [1.29, 1.82) is 0 Å². The Morgan fingerprint density at radius 3 is 2.30 bits per heavy atom. The first-order chi connectivity index (χ1) is 16.0. The standard InChI is InChI=1S/C26H28N2O5/c1-16(25(30)31)13-14-27-24(29)21-11-6-12-23(21)28-26(32)33-15-22-19-9-4-2-7-17(19)18-8-3-5-10-20(18)22/h2-5,7-10,13,21-23H,6,11-12,14-15H2,1H3,(H,27,29)(H,28,32)(H,30,31)/b16-13+. The Morgan fingerprint density at radius 1 is 1.03 bits per heavy atom. The summed E-state index contributed by atoms with van der Waals surface area (Å²) in [6.45, 7) is 1.85. The normalized spacial score (nSPS) is 19.5. The second-order valence-corrected chi connectivity index (χ2v) is 8.55. The molecule has 7 nitrogen and oxygen atoms in total. The maximum absolute atomic E-state index is 12.6. The molecule has 2 aliphatic rings. The quantitative estimate of drug-likeness (QED) is 0.558. The highest BCUT2D eigenvalue weighted by atomic mass is 16.5. The average Bonchev–Trinajstić information content (AvgIpc) is 3.40. The fraction of sp³-hybridized carbons (Fsp3) is 0.346. The highest BCUT2D eigenvalue weighted by molar-refractivity contribution is 5.86. The summed E-state index contributed by atoms with van der Waals surface area (Å²) in [6.07, 6.45) is 3.14. The van der Waals surface area contributed by atoms with E-state index in [1.165, 1.54) is 24.1 Å². The minimum Gasteiger partial charge on any atom is -0.478 e. The van der Waals surface area contributed by atoms with Crippen LogP contribution in [0.4, 0.5) is 4.79 Å². The molecule has 0 bridgehead atoms. The molecule has 2 aromatic carbocycles. The molecule has 172 valence electrons. The summed E-state index contributed by atoms with van der Waals surface area (Å²) < 4.78 is 5.61. The summed E-state index contributed by atoms with van der Waals surface area (Å²) in [6, 6.07) is 16.0. The molecular formula is C26H28N2O5. The lowest BCUT2D eigenvalue weighted by atomic mass is 9.98. The lowest BCUT2D eigenvalue weighted by Crippen LogP contribution is -2.44. The molecule has 3 N–H and O–H groups in total. The zero-order valence-corrected chi connectivity index (χ0v) is 18.5. The van der Waals surface area contributed by atoms with Gasteiger partial charge in [-0.1, -0.05) is 61.0 Å². The summed E-state index contributed by atoms with van der Waals surface area (Å²) in [5.41, 5.74) is 4.81. The molecule has 0 spiro atoms. The van der Waals surface area contributed by atoms with Gasteiger partial charge in [-0.15, -0.1) is 0 Å². The lowest BCUT2D eigenvalue weighted by molar-refractivity contribution is -0.132. The van der Waals surface area contributed by atoms with E-state index in [-0.39, 0.29) is 42.5 Å². The van der Waals surface area contributed by atoms with Crippen molar-refractivity contribution in [2.45, 2.75) is 38.1 Å². The second-order valence-electron chi connectivity index (χ2n) is 8.55. The van der Waals surface area contributed by atoms with Gasteiger partial charge in [0, 0.05) is 24.1 Å². The van der Waals surface area contributed by atoms with Crippen LogP contribution in [0.15, 0.2) is 60.2 Å². The highest BCUT2D eigenvalue weighted by Gasteiger charge is 2.35. The summed E-state index contributed by atoms with van der Waals surface area (Å²) in [7, 11) is 0. The van der Waals surface area contributed by atoms with Crippen molar-refractivity contribution in [2.24, 2.45) is 5.92 Å². The van der Waals surface area contributed by atoms with Crippen molar-refractivity contribution in [2.75, 3.05) is 13.2 Å². The van der Waals surface area contributed by atoms with Gasteiger partial charge in [0.2, 0.25) is 5.91 Å². The van der Waals surface area contributed by atoms with Crippen LogP contribution in [0, 0.1) is 5.92 Å². The fourth-order valence-electron chi connectivity index (χ4n) is 4.76. The number of carboxylic acid groups (broad SMARTS) is 1. The van der Waals surface area contributed by atoms with Crippen LogP contribution in [0.3, 0.4) is 0 Å². The number of aliphatic carboxylic acids is 1. The third kappa shape index (κ3) is 4.92. The van der Waals surface area contributed by atoms with E-state index in [4.69, 9.17) is 9.84 Å². The zero-order chi connectivity index (χ0) is 23.4. The van der Waals surface area contributed by atoms with Crippen molar-refractivity contribution in [1.82, 2.24) is 10.6 Å². The van der Waals surface area contributed by atoms with E-state index < -0.39 is 12.1 Å². The molecule has 4 rings (SSSR count). The van der Waals surface area contributed by atoms with Crippen LogP contribution in [-0.2, 0) is 14.3 Å². The van der Waals surface area contributed by atoms with Crippen LogP contribution in [-0.4, -0.2) is 42.3 Å². The second kappa shape index (κ2) is 9.90. The van der Waals surface area contributed by atoms with E-state index in [0.717, 1.165) is 17.5 Å². The predicted octanol–water partition coefficient (Wildman–Crippen LogP) is 3.84. The average molecular weight is 449 g/mol. The van der Waals surface area contributed by atoms with E-state index in [0.29, 0.717) is 12.8 Å². The number of hydrogen-bond acceptors (Lipinski definition) is 4. The number of benzene rings is 2. The minimum absolute atomic E-state index is 0.0184. The van der Waals surface area contributed by atoms with Gasteiger partial charge in [-0.05, 0) is 42.0 Å². The van der Waals surface area contributed by atoms with E-state index >= 15 is 0 Å². The molecule has 1 saturated carbocycles. The maximum atomic E-state index is 12.6. The molecule has 2 atom stereocenters. The summed E-state index contributed by atoms with van der Waals surface area (Å²) in [5.74, 6) is -1.58. The lowest BCUT2D eigenvalue weighted by Gasteiger charge is -2.21. The van der Waals surface area contributed by atoms with E-state index in [1.54, 1.807) is 0 Å². The van der Waals surface area contributed by atoms with Gasteiger partial charge in [-0.2, -0.15) is 0 Å². The number of amides is 2. The Bertz CT molecular complexity index is 1050. The molecule has 2 aromatic rings. The first-order valence-electron chi connectivity index (χ1n) is 11.2. The largest absolute Gasteiger partial charge is 0.478 e. The van der Waals surface area contributed by atoms with Crippen molar-refractivity contribution < 1.29 is 24.2 Å². The van der Waals surface area contributed by atoms with Crippen LogP contribution in [0.1, 0.15) is 43.2 Å². The number of ether oxygens (including phenoxy) is 1. The van der Waals surface area contributed by atoms with Crippen molar-refractivity contribution in [3.05, 3.63) is 71.3 Å². The van der Waals surface area contributed by atoms with Gasteiger partial charge in [0.05, 0.1) is 5.92 Å². The Hall–Kier alpha value is -3.61. The number of carboxylic acids is 1. The molecular weight excluding hydrogens is 420 g/mol. The number of rotatable bonds is 7. The van der Waals surface area contributed by atoms with E-state index in [1.807, 2.05) is 24.3 Å². The predicted molar refractivity (Wildman–Crippen MR) is 124 cm³/mol. The number of hydrogen-bond donors (Lipinski definition) is 3. The van der Waals surface area contributed by atoms with Gasteiger partial charge < -0.3 is 20.5 Å². The molecule has 2 unspecified atom stereocenters. The van der Waals surface area contributed by atoms with Crippen LogP contribution in [0.25, 0.3) is 11.1 Å². The number of alkyl carbamates (subject to hydrolysis) is 1. The first kappa shape index (κ1) is 22.6. The highest BCUT2D eigenvalue weighted by Crippen LogP contribution is 2.44. The van der Waals surface area contributed by atoms with Crippen molar-refractivity contribution in [3.8, 4) is 11.1 Å². The number of nitrogens with one attached hydrogen (secondary N) is 2. The van der Waals surface area contributed by atoms with Gasteiger partial charge in [-0.25, -0.2) is 9.59 Å². The van der Waals surface area contributed by atoms with Crippen LogP contribution >= 0.6 is 0 Å². The third-order valence-electron chi connectivity index (χ3n) is 6.52. The molecule has 2 amide bonds. The van der Waals surface area contributed by atoms with Gasteiger partial charge in [0.15, 0.2) is 0 Å². The molecule has 2 aliphatic carbocycles. The number of carbonyl (C=O) groups excluding carboxylic acids is 2. The Kier molecular flexibility index (Phi) is 6.77. The van der Waals surface area contributed by atoms with Gasteiger partial charge in [-0.3, -0.25) is 4.79 Å². The zero-order valence-electron chi connectivity index (χ0n) is 18.5. The first-order valence-corrected chi connectivity index (χ1v) is 11.2. The molecule has 0 saturated heterocycles. The number of fused-ring (bicyclic) bond motifs is 3. The van der Waals surface area contributed by atoms with Crippen LogP contribution in [0.2, 0.25) is 0 Å². The molecule has 33 heavy (non-hydrogen) atoms. The Morgan fingerprint density at radius 2 is 1.67 bits per heavy atom. The van der Waals surface area contributed by atoms with Crippen LogP contribution < -0.4 is 10.6 Å². The van der Waals surface area contributed by atoms with Crippen LogP contribution in [0.5, 0.6) is 0 Å². The molecule has 0 heterocycles. The molecule has 7 heteroatoms. The summed E-state index contributed by atoms with van der Waals surface area (Å²) in [5, 5.41) is 14.5. The molecule has 1 fully saturated rings. The Labute approximate surface area is 192 Å². The van der Waals surface area contributed by atoms with Gasteiger partial charge in [0.1, 0.15) is 6.61 Å². The smallest absolute Gasteiger partial charge is 0.407 e. The molecule has 0 aromatic heterocycles. The Balaban J connectivity index is 1.33. The van der Waals surface area contributed by atoms with Gasteiger partial charge >= 0.3 is 12.1 Å². The monoisotopic (exact) mass is 448 g/mol. The van der Waals surface area contributed by atoms with Gasteiger partial charge in [0.25, 0.3) is 0 Å². The summed E-state index contributed by atoms with van der Waals surface area (Å²) >= 11 is 0. The minimum atomic E-state index is -1.01. The maximum Gasteiger partial charge on any atom is 0.407 e. The fourth-order valence-corrected chi connectivity index (χ4v) is 4.76. The van der Waals surface area contributed by atoms with E-state index in [2.05, 4.69) is 34.9 Å². The molecule has 0 radical (unpaired) electrons. The summed E-state index contributed by atoms with van der Waals surface area (Å²) in [4.78, 5) is 36.0. The SMILES string of the molecule is C/C(=C\CNC(=O)C1CCCC1NC(=O)OCC1c2ccccc2-c2ccccc21)C(=O)O. The van der Waals surface area contributed by atoms with Crippen molar-refractivity contribution >= 4 is 18.0 Å². The van der Waals surface area contributed by atoms with Crippen molar-refractivity contribution in [3.63, 3.8) is 0 Å².